The van der Waals surface area contributed by atoms with Gasteiger partial charge in [-0.1, -0.05) is 13.3 Å². The summed E-state index contributed by atoms with van der Waals surface area (Å²) >= 11 is 1.88. The van der Waals surface area contributed by atoms with Gasteiger partial charge in [-0.05, 0) is 12.7 Å². The SMILES string of the molecule is CCCCn1ccnc1CCSC. The van der Waals surface area contributed by atoms with Crippen molar-refractivity contribution >= 4 is 11.8 Å². The van der Waals surface area contributed by atoms with Crippen molar-refractivity contribution in [3.8, 4) is 0 Å². The lowest BCUT2D eigenvalue weighted by atomic mass is 10.3. The Hall–Kier alpha value is -0.440. The van der Waals surface area contributed by atoms with E-state index in [1.807, 2.05) is 18.0 Å². The van der Waals surface area contributed by atoms with Crippen molar-refractivity contribution in [1.29, 1.82) is 0 Å². The van der Waals surface area contributed by atoms with Crippen molar-refractivity contribution < 1.29 is 0 Å². The molecule has 0 aliphatic rings. The lowest BCUT2D eigenvalue weighted by Crippen LogP contribution is -2.04. The molecule has 1 rings (SSSR count). The Kier molecular flexibility index (Phi) is 4.98. The fourth-order valence-corrected chi connectivity index (χ4v) is 1.68. The van der Waals surface area contributed by atoms with Crippen LogP contribution in [0.15, 0.2) is 12.4 Å². The van der Waals surface area contributed by atoms with Crippen LogP contribution < -0.4 is 0 Å². The van der Waals surface area contributed by atoms with Crippen LogP contribution in [0, 0.1) is 0 Å². The molecule has 0 aliphatic carbocycles. The summed E-state index contributed by atoms with van der Waals surface area (Å²) in [6, 6.07) is 0. The highest BCUT2D eigenvalue weighted by molar-refractivity contribution is 7.98. The summed E-state index contributed by atoms with van der Waals surface area (Å²) in [7, 11) is 0. The maximum Gasteiger partial charge on any atom is 0.109 e. The molecule has 0 saturated carbocycles. The fraction of sp³-hybridized carbons (Fsp3) is 0.700. The van der Waals surface area contributed by atoms with E-state index < -0.39 is 0 Å². The second-order valence-corrected chi connectivity index (χ2v) is 4.12. The van der Waals surface area contributed by atoms with Gasteiger partial charge in [0.2, 0.25) is 0 Å². The van der Waals surface area contributed by atoms with Crippen LogP contribution in [0.3, 0.4) is 0 Å². The van der Waals surface area contributed by atoms with E-state index in [0.717, 1.165) is 13.0 Å². The minimum Gasteiger partial charge on any atom is -0.335 e. The largest absolute Gasteiger partial charge is 0.335 e. The second kappa shape index (κ2) is 6.08. The van der Waals surface area contributed by atoms with E-state index in [1.165, 1.54) is 24.4 Å². The first kappa shape index (κ1) is 10.6. The van der Waals surface area contributed by atoms with Gasteiger partial charge in [-0.3, -0.25) is 0 Å². The van der Waals surface area contributed by atoms with Gasteiger partial charge in [0.15, 0.2) is 0 Å². The van der Waals surface area contributed by atoms with E-state index in [4.69, 9.17) is 0 Å². The first-order valence-electron chi connectivity index (χ1n) is 4.87. The minimum absolute atomic E-state index is 1.10. The maximum atomic E-state index is 4.36. The van der Waals surface area contributed by atoms with Crippen molar-refractivity contribution in [2.24, 2.45) is 0 Å². The van der Waals surface area contributed by atoms with Crippen LogP contribution in [0.5, 0.6) is 0 Å². The number of rotatable bonds is 6. The van der Waals surface area contributed by atoms with Crippen molar-refractivity contribution in [2.45, 2.75) is 32.7 Å². The van der Waals surface area contributed by atoms with Crippen LogP contribution in [0.1, 0.15) is 25.6 Å². The third kappa shape index (κ3) is 3.43. The molecule has 1 aromatic rings. The van der Waals surface area contributed by atoms with E-state index in [0.29, 0.717) is 0 Å². The Bertz CT molecular complexity index is 210. The number of thioether (sulfide) groups is 1. The molecule has 0 radical (unpaired) electrons. The summed E-state index contributed by atoms with van der Waals surface area (Å²) in [5.41, 5.74) is 0. The molecule has 1 heterocycles. The molecule has 1 aromatic heterocycles. The first-order chi connectivity index (χ1) is 6.38. The zero-order valence-corrected chi connectivity index (χ0v) is 9.31. The molecule has 74 valence electrons. The molecule has 0 aliphatic heterocycles. The minimum atomic E-state index is 1.10. The zero-order chi connectivity index (χ0) is 9.52. The zero-order valence-electron chi connectivity index (χ0n) is 8.49. The number of aromatic nitrogens is 2. The van der Waals surface area contributed by atoms with Crippen LogP contribution in [0.25, 0.3) is 0 Å². The van der Waals surface area contributed by atoms with Crippen molar-refractivity contribution in [2.75, 3.05) is 12.0 Å². The Balaban J connectivity index is 2.45. The smallest absolute Gasteiger partial charge is 0.109 e. The topological polar surface area (TPSA) is 17.8 Å². The number of imidazole rings is 1. The van der Waals surface area contributed by atoms with Crippen molar-refractivity contribution in [3.05, 3.63) is 18.2 Å². The van der Waals surface area contributed by atoms with Crippen molar-refractivity contribution in [1.82, 2.24) is 9.55 Å². The number of unbranched alkanes of at least 4 members (excludes halogenated alkanes) is 1. The van der Waals surface area contributed by atoms with Gasteiger partial charge in [-0.25, -0.2) is 4.98 Å². The molecule has 2 nitrogen and oxygen atoms in total. The molecule has 0 N–H and O–H groups in total. The average molecular weight is 198 g/mol. The summed E-state index contributed by atoms with van der Waals surface area (Å²) in [6.45, 7) is 3.35. The molecule has 13 heavy (non-hydrogen) atoms. The van der Waals surface area contributed by atoms with Gasteiger partial charge in [0.05, 0.1) is 0 Å². The van der Waals surface area contributed by atoms with Gasteiger partial charge in [0.25, 0.3) is 0 Å². The highest BCUT2D eigenvalue weighted by Gasteiger charge is 2.00. The van der Waals surface area contributed by atoms with E-state index in [9.17, 15) is 0 Å². The Morgan fingerprint density at radius 2 is 2.38 bits per heavy atom. The van der Waals surface area contributed by atoms with Crippen LogP contribution in [-0.4, -0.2) is 21.6 Å². The van der Waals surface area contributed by atoms with Gasteiger partial charge >= 0.3 is 0 Å². The molecule has 0 fully saturated rings. The molecule has 0 saturated heterocycles. The first-order valence-corrected chi connectivity index (χ1v) is 6.26. The average Bonchev–Trinajstić information content (AvgIpc) is 2.59. The molecule has 0 bridgehead atoms. The summed E-state index contributed by atoms with van der Waals surface area (Å²) in [5.74, 6) is 2.41. The summed E-state index contributed by atoms with van der Waals surface area (Å²) in [6.07, 6.45) is 9.73. The molecular weight excluding hydrogens is 180 g/mol. The van der Waals surface area contributed by atoms with Crippen molar-refractivity contribution in [3.63, 3.8) is 0 Å². The van der Waals surface area contributed by atoms with Crippen LogP contribution >= 0.6 is 11.8 Å². The molecule has 0 amide bonds. The Labute approximate surface area is 84.7 Å². The quantitative estimate of drug-likeness (QED) is 0.699. The highest BCUT2D eigenvalue weighted by Crippen LogP contribution is 2.04. The maximum absolute atomic E-state index is 4.36. The van der Waals surface area contributed by atoms with Crippen LogP contribution in [-0.2, 0) is 13.0 Å². The third-order valence-corrected chi connectivity index (χ3v) is 2.70. The molecule has 0 aromatic carbocycles. The fourth-order valence-electron chi connectivity index (χ4n) is 1.29. The molecule has 0 unspecified atom stereocenters. The number of nitrogens with zero attached hydrogens (tertiary/aromatic N) is 2. The molecule has 0 spiro atoms. The van der Waals surface area contributed by atoms with Crippen LogP contribution in [0.4, 0.5) is 0 Å². The number of aryl methyl sites for hydroxylation is 2. The van der Waals surface area contributed by atoms with Gasteiger partial charge in [0.1, 0.15) is 5.82 Å². The van der Waals surface area contributed by atoms with Gasteiger partial charge in [-0.2, -0.15) is 11.8 Å². The third-order valence-electron chi connectivity index (χ3n) is 2.08. The van der Waals surface area contributed by atoms with Gasteiger partial charge in [0, 0.05) is 31.1 Å². The lowest BCUT2D eigenvalue weighted by molar-refractivity contribution is 0.606. The Morgan fingerprint density at radius 3 is 3.08 bits per heavy atom. The molecule has 0 atom stereocenters. The summed E-state index contributed by atoms with van der Waals surface area (Å²) < 4.78 is 2.28. The normalized spacial score (nSPS) is 10.6. The van der Waals surface area contributed by atoms with E-state index in [-0.39, 0.29) is 0 Å². The standard InChI is InChI=1S/C10H18N2S/c1-3-4-7-12-8-6-11-10(12)5-9-13-2/h6,8H,3-5,7,9H2,1-2H3. The predicted octanol–water partition coefficient (Wildman–Crippen LogP) is 2.59. The Morgan fingerprint density at radius 1 is 1.54 bits per heavy atom. The summed E-state index contributed by atoms with van der Waals surface area (Å²) in [4.78, 5) is 4.36. The van der Waals surface area contributed by atoms with Gasteiger partial charge < -0.3 is 4.57 Å². The van der Waals surface area contributed by atoms with E-state index >= 15 is 0 Å². The monoisotopic (exact) mass is 198 g/mol. The molecular formula is C10H18N2S. The number of hydrogen-bond donors (Lipinski definition) is 0. The number of hydrogen-bond acceptors (Lipinski definition) is 2. The van der Waals surface area contributed by atoms with Crippen LogP contribution in [0.2, 0.25) is 0 Å². The van der Waals surface area contributed by atoms with Gasteiger partial charge in [-0.15, -0.1) is 0 Å². The molecule has 3 heteroatoms. The predicted molar refractivity (Wildman–Crippen MR) is 59.2 cm³/mol. The summed E-state index contributed by atoms with van der Waals surface area (Å²) in [5, 5.41) is 0. The highest BCUT2D eigenvalue weighted by atomic mass is 32.2. The van der Waals surface area contributed by atoms with E-state index in [2.05, 4.69) is 28.9 Å². The lowest BCUT2D eigenvalue weighted by Gasteiger charge is -2.05. The van der Waals surface area contributed by atoms with E-state index in [1.54, 1.807) is 0 Å². The second-order valence-electron chi connectivity index (χ2n) is 3.13.